The number of nitrogens with one attached hydrogen (secondary N) is 2. The third kappa shape index (κ3) is 5.35. The molecular weight excluding hydrogens is 333 g/mol. The first-order valence-corrected chi connectivity index (χ1v) is 9.06. The minimum Gasteiger partial charge on any atom is -0.325 e. The highest BCUT2D eigenvalue weighted by molar-refractivity contribution is 6.42. The molecular formula is C17H23Cl2N3O. The molecule has 1 saturated heterocycles. The number of hydrogen-bond acceptors (Lipinski definition) is 3. The standard InChI is InChI=1S/C17H23Cl2N3O/c18-15-4-3-14(9-16(15)19)21-17(23)11-22-7-5-13(6-8-22)20-10-12-1-2-12/h3-4,9,12-13,20H,1-2,5-8,10-11H2,(H,21,23). The van der Waals surface area contributed by atoms with Crippen LogP contribution in [0.1, 0.15) is 25.7 Å². The van der Waals surface area contributed by atoms with Crippen LogP contribution in [0.15, 0.2) is 18.2 Å². The summed E-state index contributed by atoms with van der Waals surface area (Å²) in [5, 5.41) is 7.47. The van der Waals surface area contributed by atoms with Gasteiger partial charge in [0.15, 0.2) is 0 Å². The van der Waals surface area contributed by atoms with E-state index in [0.717, 1.165) is 31.8 Å². The molecule has 0 atom stereocenters. The van der Waals surface area contributed by atoms with Crippen LogP contribution in [0.4, 0.5) is 5.69 Å². The van der Waals surface area contributed by atoms with Gasteiger partial charge in [-0.25, -0.2) is 0 Å². The molecule has 1 saturated carbocycles. The number of anilines is 1. The molecule has 4 nitrogen and oxygen atoms in total. The molecule has 1 aromatic rings. The largest absolute Gasteiger partial charge is 0.325 e. The third-order valence-corrected chi connectivity index (χ3v) is 5.29. The maximum atomic E-state index is 12.1. The van der Waals surface area contributed by atoms with E-state index in [2.05, 4.69) is 15.5 Å². The van der Waals surface area contributed by atoms with Crippen molar-refractivity contribution in [3.63, 3.8) is 0 Å². The molecule has 1 amide bonds. The van der Waals surface area contributed by atoms with E-state index in [4.69, 9.17) is 23.2 Å². The van der Waals surface area contributed by atoms with Gasteiger partial charge in [0.2, 0.25) is 5.91 Å². The lowest BCUT2D eigenvalue weighted by molar-refractivity contribution is -0.117. The number of halogens is 2. The number of piperidine rings is 1. The average Bonchev–Trinajstić information content (AvgIpc) is 3.34. The van der Waals surface area contributed by atoms with E-state index < -0.39 is 0 Å². The Hall–Kier alpha value is -0.810. The quantitative estimate of drug-likeness (QED) is 0.821. The number of hydrogen-bond donors (Lipinski definition) is 2. The van der Waals surface area contributed by atoms with Crippen LogP contribution in [0.25, 0.3) is 0 Å². The number of rotatable bonds is 6. The molecule has 2 fully saturated rings. The van der Waals surface area contributed by atoms with Crippen LogP contribution in [-0.2, 0) is 4.79 Å². The zero-order valence-electron chi connectivity index (χ0n) is 13.2. The minimum absolute atomic E-state index is 0.00669. The number of benzene rings is 1. The lowest BCUT2D eigenvalue weighted by Crippen LogP contribution is -2.45. The summed E-state index contributed by atoms with van der Waals surface area (Å²) < 4.78 is 0. The van der Waals surface area contributed by atoms with Gasteiger partial charge in [-0.1, -0.05) is 23.2 Å². The van der Waals surface area contributed by atoms with Crippen LogP contribution in [0.2, 0.25) is 10.0 Å². The van der Waals surface area contributed by atoms with Crippen molar-refractivity contribution >= 4 is 34.8 Å². The van der Waals surface area contributed by atoms with Crippen LogP contribution in [-0.4, -0.2) is 43.0 Å². The average molecular weight is 356 g/mol. The fraction of sp³-hybridized carbons (Fsp3) is 0.588. The molecule has 1 aliphatic heterocycles. The molecule has 0 radical (unpaired) electrons. The highest BCUT2D eigenvalue weighted by atomic mass is 35.5. The summed E-state index contributed by atoms with van der Waals surface area (Å²) in [5.41, 5.74) is 0.686. The molecule has 3 rings (SSSR count). The van der Waals surface area contributed by atoms with Crippen molar-refractivity contribution in [3.8, 4) is 0 Å². The second-order valence-corrected chi connectivity index (χ2v) is 7.39. The Bertz CT molecular complexity index is 555. The molecule has 0 spiro atoms. The van der Waals surface area contributed by atoms with Crippen LogP contribution in [0.3, 0.4) is 0 Å². The van der Waals surface area contributed by atoms with Crippen molar-refractivity contribution in [2.24, 2.45) is 5.92 Å². The van der Waals surface area contributed by atoms with E-state index in [1.165, 1.54) is 19.4 Å². The van der Waals surface area contributed by atoms with Gasteiger partial charge >= 0.3 is 0 Å². The van der Waals surface area contributed by atoms with Crippen molar-refractivity contribution in [2.45, 2.75) is 31.7 Å². The van der Waals surface area contributed by atoms with E-state index >= 15 is 0 Å². The summed E-state index contributed by atoms with van der Waals surface area (Å²) in [4.78, 5) is 14.3. The van der Waals surface area contributed by atoms with Gasteiger partial charge in [0.1, 0.15) is 0 Å². The molecule has 126 valence electrons. The topological polar surface area (TPSA) is 44.4 Å². The monoisotopic (exact) mass is 355 g/mol. The molecule has 0 bridgehead atoms. The Balaban J connectivity index is 1.39. The van der Waals surface area contributed by atoms with Crippen LogP contribution in [0, 0.1) is 5.92 Å². The number of likely N-dealkylation sites (tertiary alicyclic amines) is 1. The van der Waals surface area contributed by atoms with Crippen molar-refractivity contribution in [3.05, 3.63) is 28.2 Å². The molecule has 1 aromatic carbocycles. The smallest absolute Gasteiger partial charge is 0.238 e. The lowest BCUT2D eigenvalue weighted by Gasteiger charge is -2.32. The number of carbonyl (C=O) groups excluding carboxylic acids is 1. The van der Waals surface area contributed by atoms with E-state index in [-0.39, 0.29) is 5.91 Å². The molecule has 1 heterocycles. The fourth-order valence-corrected chi connectivity index (χ4v) is 3.23. The SMILES string of the molecule is O=C(CN1CCC(NCC2CC2)CC1)Nc1ccc(Cl)c(Cl)c1. The summed E-state index contributed by atoms with van der Waals surface area (Å²) >= 11 is 11.8. The summed E-state index contributed by atoms with van der Waals surface area (Å²) in [7, 11) is 0. The van der Waals surface area contributed by atoms with Crippen molar-refractivity contribution in [1.82, 2.24) is 10.2 Å². The normalized spacial score (nSPS) is 19.7. The van der Waals surface area contributed by atoms with Gasteiger partial charge in [-0.05, 0) is 56.3 Å². The third-order valence-electron chi connectivity index (χ3n) is 4.55. The maximum Gasteiger partial charge on any atom is 0.238 e. The number of amides is 1. The van der Waals surface area contributed by atoms with E-state index in [9.17, 15) is 4.79 Å². The zero-order chi connectivity index (χ0) is 16.2. The highest BCUT2D eigenvalue weighted by Crippen LogP contribution is 2.28. The summed E-state index contributed by atoms with van der Waals surface area (Å²) in [6.07, 6.45) is 5.01. The first kappa shape index (κ1) is 17.0. The fourth-order valence-electron chi connectivity index (χ4n) is 2.93. The van der Waals surface area contributed by atoms with Gasteiger partial charge in [-0.3, -0.25) is 9.69 Å². The van der Waals surface area contributed by atoms with Crippen molar-refractivity contribution < 1.29 is 4.79 Å². The van der Waals surface area contributed by atoms with Crippen molar-refractivity contribution in [1.29, 1.82) is 0 Å². The Labute approximate surface area is 147 Å². The van der Waals surface area contributed by atoms with E-state index in [0.29, 0.717) is 28.3 Å². The van der Waals surface area contributed by atoms with Crippen LogP contribution >= 0.6 is 23.2 Å². The predicted molar refractivity (Wildman–Crippen MR) is 95.3 cm³/mol. The predicted octanol–water partition coefficient (Wildman–Crippen LogP) is 3.40. The molecule has 2 N–H and O–H groups in total. The van der Waals surface area contributed by atoms with Gasteiger partial charge < -0.3 is 10.6 Å². The number of nitrogens with zero attached hydrogens (tertiary/aromatic N) is 1. The molecule has 0 unspecified atom stereocenters. The molecule has 2 aliphatic rings. The lowest BCUT2D eigenvalue weighted by atomic mass is 10.0. The first-order chi connectivity index (χ1) is 11.1. The Morgan fingerprint density at radius 3 is 2.52 bits per heavy atom. The van der Waals surface area contributed by atoms with Crippen LogP contribution < -0.4 is 10.6 Å². The van der Waals surface area contributed by atoms with Gasteiger partial charge in [0, 0.05) is 24.8 Å². The van der Waals surface area contributed by atoms with E-state index in [1.807, 2.05) is 0 Å². The first-order valence-electron chi connectivity index (χ1n) is 8.31. The summed E-state index contributed by atoms with van der Waals surface area (Å²) in [5.74, 6) is 0.915. The van der Waals surface area contributed by atoms with Crippen molar-refractivity contribution in [2.75, 3.05) is 31.5 Å². The minimum atomic E-state index is -0.00669. The van der Waals surface area contributed by atoms with Gasteiger partial charge in [0.05, 0.1) is 16.6 Å². The summed E-state index contributed by atoms with van der Waals surface area (Å²) in [6.45, 7) is 3.53. The van der Waals surface area contributed by atoms with Gasteiger partial charge in [0.25, 0.3) is 0 Å². The molecule has 23 heavy (non-hydrogen) atoms. The Morgan fingerprint density at radius 2 is 1.87 bits per heavy atom. The Kier molecular flexibility index (Phi) is 5.81. The Morgan fingerprint density at radius 1 is 1.13 bits per heavy atom. The second kappa shape index (κ2) is 7.84. The highest BCUT2D eigenvalue weighted by Gasteiger charge is 2.24. The maximum absolute atomic E-state index is 12.1. The van der Waals surface area contributed by atoms with Gasteiger partial charge in [-0.2, -0.15) is 0 Å². The molecule has 1 aliphatic carbocycles. The second-order valence-electron chi connectivity index (χ2n) is 6.58. The van der Waals surface area contributed by atoms with E-state index in [1.54, 1.807) is 18.2 Å². The molecule has 0 aromatic heterocycles. The van der Waals surface area contributed by atoms with Gasteiger partial charge in [-0.15, -0.1) is 0 Å². The summed E-state index contributed by atoms with van der Waals surface area (Å²) in [6, 6.07) is 5.75. The van der Waals surface area contributed by atoms with Crippen LogP contribution in [0.5, 0.6) is 0 Å². The number of carbonyl (C=O) groups is 1. The zero-order valence-corrected chi connectivity index (χ0v) is 14.7. The molecule has 6 heteroatoms.